The van der Waals surface area contributed by atoms with E-state index in [4.69, 9.17) is 0 Å². The van der Waals surface area contributed by atoms with Gasteiger partial charge in [0.1, 0.15) is 0 Å². The third-order valence-corrected chi connectivity index (χ3v) is 3.86. The third kappa shape index (κ3) is 2.05. The Morgan fingerprint density at radius 1 is 1.16 bits per heavy atom. The van der Waals surface area contributed by atoms with E-state index in [-0.39, 0.29) is 11.6 Å². The fourth-order valence-corrected chi connectivity index (χ4v) is 2.86. The van der Waals surface area contributed by atoms with Crippen molar-refractivity contribution < 1.29 is 5.21 Å². The number of aromatic nitrogens is 1. The van der Waals surface area contributed by atoms with Crippen LogP contribution in [0.1, 0.15) is 36.6 Å². The lowest BCUT2D eigenvalue weighted by molar-refractivity contribution is -0.191. The van der Waals surface area contributed by atoms with Gasteiger partial charge in [-0.25, -0.2) is 0 Å². The number of hydroxylamine groups is 2. The highest BCUT2D eigenvalue weighted by molar-refractivity contribution is 5.40. The number of nitrogens with zero attached hydrogens (tertiary/aromatic N) is 2. The monoisotopic (exact) mass is 254 g/mol. The molecule has 19 heavy (non-hydrogen) atoms. The van der Waals surface area contributed by atoms with Crippen molar-refractivity contribution in [3.63, 3.8) is 0 Å². The van der Waals surface area contributed by atoms with Crippen molar-refractivity contribution in [3.05, 3.63) is 65.5 Å². The number of fused-ring (bicyclic) bond motifs is 1. The van der Waals surface area contributed by atoms with Crippen LogP contribution in [0.5, 0.6) is 0 Å². The third-order valence-electron chi connectivity index (χ3n) is 3.86. The molecule has 1 aliphatic rings. The molecule has 2 heterocycles. The van der Waals surface area contributed by atoms with Crippen molar-refractivity contribution in [3.8, 4) is 0 Å². The maximum absolute atomic E-state index is 10.6. The summed E-state index contributed by atoms with van der Waals surface area (Å²) in [5.41, 5.74) is 3.27. The highest BCUT2D eigenvalue weighted by Gasteiger charge is 2.39. The molecule has 2 aromatic rings. The molecular formula is C16H18N2O. The second-order valence-electron chi connectivity index (χ2n) is 5.72. The summed E-state index contributed by atoms with van der Waals surface area (Å²) in [6, 6.07) is 12.1. The zero-order valence-electron chi connectivity index (χ0n) is 11.2. The van der Waals surface area contributed by atoms with E-state index in [0.717, 1.165) is 12.0 Å². The van der Waals surface area contributed by atoms with E-state index in [2.05, 4.69) is 37.0 Å². The first kappa shape index (κ1) is 12.3. The Morgan fingerprint density at radius 2 is 1.84 bits per heavy atom. The first-order valence-electron chi connectivity index (χ1n) is 6.55. The minimum atomic E-state index is -0.276. The van der Waals surface area contributed by atoms with Crippen LogP contribution in [-0.4, -0.2) is 20.8 Å². The molecule has 0 bridgehead atoms. The Morgan fingerprint density at radius 3 is 2.58 bits per heavy atom. The van der Waals surface area contributed by atoms with Crippen molar-refractivity contribution in [1.29, 1.82) is 0 Å². The first-order valence-corrected chi connectivity index (χ1v) is 6.55. The standard InChI is InChI=1S/C16H18N2O/c1-16(2)11-13-5-3-4-6-14(13)15(18(16)19)12-7-9-17-10-8-12/h3-10,15,19H,11H2,1-2H3. The van der Waals surface area contributed by atoms with E-state index in [0.29, 0.717) is 0 Å². The Bertz CT molecular complexity index is 580. The molecule has 0 saturated heterocycles. The molecule has 1 unspecified atom stereocenters. The lowest BCUT2D eigenvalue weighted by Crippen LogP contribution is -2.49. The van der Waals surface area contributed by atoms with Gasteiger partial charge in [-0.3, -0.25) is 4.98 Å². The Kier molecular flexibility index (Phi) is 2.88. The molecule has 0 amide bonds. The average molecular weight is 254 g/mol. The second kappa shape index (κ2) is 4.44. The van der Waals surface area contributed by atoms with Crippen molar-refractivity contribution >= 4 is 0 Å². The smallest absolute Gasteiger partial charge is 0.0859 e. The van der Waals surface area contributed by atoms with Crippen LogP contribution in [0.4, 0.5) is 0 Å². The van der Waals surface area contributed by atoms with Gasteiger partial charge in [0.25, 0.3) is 0 Å². The maximum Gasteiger partial charge on any atom is 0.0859 e. The summed E-state index contributed by atoms with van der Waals surface area (Å²) in [6.45, 7) is 4.13. The largest absolute Gasteiger partial charge is 0.313 e. The van der Waals surface area contributed by atoms with Crippen molar-refractivity contribution in [1.82, 2.24) is 10.0 Å². The molecule has 1 aromatic carbocycles. The van der Waals surface area contributed by atoms with E-state index in [1.807, 2.05) is 18.2 Å². The average Bonchev–Trinajstić information content (AvgIpc) is 2.41. The molecule has 0 saturated carbocycles. The summed E-state index contributed by atoms with van der Waals surface area (Å²) in [5.74, 6) is 0. The van der Waals surface area contributed by atoms with Crippen molar-refractivity contribution in [2.75, 3.05) is 0 Å². The van der Waals surface area contributed by atoms with Crippen molar-refractivity contribution in [2.24, 2.45) is 0 Å². The molecule has 1 atom stereocenters. The zero-order chi connectivity index (χ0) is 13.5. The molecule has 3 rings (SSSR count). The topological polar surface area (TPSA) is 36.4 Å². The maximum atomic E-state index is 10.6. The fourth-order valence-electron chi connectivity index (χ4n) is 2.86. The molecule has 1 N–H and O–H groups in total. The number of rotatable bonds is 1. The summed E-state index contributed by atoms with van der Waals surface area (Å²) < 4.78 is 0. The van der Waals surface area contributed by atoms with Crippen molar-refractivity contribution in [2.45, 2.75) is 31.8 Å². The van der Waals surface area contributed by atoms with Gasteiger partial charge < -0.3 is 5.21 Å². The van der Waals surface area contributed by atoms with Gasteiger partial charge in [-0.05, 0) is 49.1 Å². The molecule has 3 heteroatoms. The molecular weight excluding hydrogens is 236 g/mol. The van der Waals surface area contributed by atoms with Gasteiger partial charge in [0.05, 0.1) is 6.04 Å². The summed E-state index contributed by atoms with van der Waals surface area (Å²) in [6.07, 6.45) is 4.39. The van der Waals surface area contributed by atoms with Gasteiger partial charge in [0, 0.05) is 17.9 Å². The number of benzene rings is 1. The molecule has 3 nitrogen and oxygen atoms in total. The molecule has 0 radical (unpaired) electrons. The molecule has 0 spiro atoms. The Hall–Kier alpha value is -1.71. The van der Waals surface area contributed by atoms with E-state index < -0.39 is 0 Å². The van der Waals surface area contributed by atoms with Crippen LogP contribution < -0.4 is 0 Å². The van der Waals surface area contributed by atoms with Crippen LogP contribution in [0.3, 0.4) is 0 Å². The fraction of sp³-hybridized carbons (Fsp3) is 0.312. The minimum Gasteiger partial charge on any atom is -0.313 e. The van der Waals surface area contributed by atoms with Gasteiger partial charge in [0.2, 0.25) is 0 Å². The van der Waals surface area contributed by atoms with Gasteiger partial charge in [-0.2, -0.15) is 5.06 Å². The Balaban J connectivity index is 2.16. The zero-order valence-corrected chi connectivity index (χ0v) is 11.2. The number of pyridine rings is 1. The molecule has 1 aromatic heterocycles. The van der Waals surface area contributed by atoms with E-state index in [1.165, 1.54) is 16.2 Å². The number of hydrogen-bond donors (Lipinski definition) is 1. The molecule has 98 valence electrons. The first-order chi connectivity index (χ1) is 9.09. The van der Waals surface area contributed by atoms with E-state index >= 15 is 0 Å². The highest BCUT2D eigenvalue weighted by atomic mass is 16.5. The summed E-state index contributed by atoms with van der Waals surface area (Å²) in [7, 11) is 0. The van der Waals surface area contributed by atoms with E-state index in [1.54, 1.807) is 12.4 Å². The molecule has 0 aliphatic carbocycles. The van der Waals surface area contributed by atoms with Crippen LogP contribution in [0.2, 0.25) is 0 Å². The van der Waals surface area contributed by atoms with E-state index in [9.17, 15) is 5.21 Å². The van der Waals surface area contributed by atoms with Crippen LogP contribution in [0, 0.1) is 0 Å². The van der Waals surface area contributed by atoms with Gasteiger partial charge in [0.15, 0.2) is 0 Å². The minimum absolute atomic E-state index is 0.122. The summed E-state index contributed by atoms with van der Waals surface area (Å²) in [5, 5.41) is 12.1. The van der Waals surface area contributed by atoms with Gasteiger partial charge in [-0.15, -0.1) is 0 Å². The Labute approximate surface area is 113 Å². The van der Waals surface area contributed by atoms with Crippen LogP contribution in [0.15, 0.2) is 48.8 Å². The quantitative estimate of drug-likeness (QED) is 0.849. The van der Waals surface area contributed by atoms with Crippen LogP contribution in [0.25, 0.3) is 0 Å². The van der Waals surface area contributed by atoms with Gasteiger partial charge >= 0.3 is 0 Å². The highest BCUT2D eigenvalue weighted by Crippen LogP contribution is 2.40. The second-order valence-corrected chi connectivity index (χ2v) is 5.72. The van der Waals surface area contributed by atoms with Gasteiger partial charge in [-0.1, -0.05) is 24.3 Å². The lowest BCUT2D eigenvalue weighted by Gasteiger charge is -2.44. The molecule has 1 aliphatic heterocycles. The number of hydrogen-bond acceptors (Lipinski definition) is 3. The van der Waals surface area contributed by atoms with Crippen LogP contribution >= 0.6 is 0 Å². The lowest BCUT2D eigenvalue weighted by atomic mass is 9.81. The predicted octanol–water partition coefficient (Wildman–Crippen LogP) is 3.20. The SMILES string of the molecule is CC1(C)Cc2ccccc2C(c2ccncc2)N1O. The summed E-state index contributed by atoms with van der Waals surface area (Å²) in [4.78, 5) is 4.06. The predicted molar refractivity (Wildman–Crippen MR) is 73.9 cm³/mol. The molecule has 0 fully saturated rings. The van der Waals surface area contributed by atoms with Crippen LogP contribution in [-0.2, 0) is 6.42 Å². The summed E-state index contributed by atoms with van der Waals surface area (Å²) >= 11 is 0. The normalized spacial score (nSPS) is 21.9.